The van der Waals surface area contributed by atoms with E-state index in [-0.39, 0.29) is 35.1 Å². The Bertz CT molecular complexity index is 654. The monoisotopic (exact) mass is 466 g/mol. The van der Waals surface area contributed by atoms with E-state index in [1.807, 2.05) is 18.9 Å². The molecule has 3 N–H and O–H groups in total. The Labute approximate surface area is 197 Å². The van der Waals surface area contributed by atoms with Crippen LogP contribution in [0.2, 0.25) is 0 Å². The summed E-state index contributed by atoms with van der Waals surface area (Å²) in [5.41, 5.74) is -0.0212. The SMILES string of the molecule is COC1CCC(C2CSC(NC(=O)C3CC(C)CCC3C3CCCCC3C(=O)O)N2)CC1. The number of amides is 1. The first-order chi connectivity index (χ1) is 15.5. The van der Waals surface area contributed by atoms with Crippen LogP contribution in [0.15, 0.2) is 0 Å². The summed E-state index contributed by atoms with van der Waals surface area (Å²) < 4.78 is 5.51. The van der Waals surface area contributed by atoms with E-state index in [0.717, 1.165) is 63.5 Å². The van der Waals surface area contributed by atoms with Crippen LogP contribution in [0.3, 0.4) is 0 Å². The Morgan fingerprint density at radius 1 is 0.969 bits per heavy atom. The number of aliphatic carboxylic acids is 1. The summed E-state index contributed by atoms with van der Waals surface area (Å²) in [5, 5.41) is 16.8. The van der Waals surface area contributed by atoms with Gasteiger partial charge in [0.05, 0.1) is 12.0 Å². The summed E-state index contributed by atoms with van der Waals surface area (Å²) in [5.74, 6) is 1.75. The molecular formula is C25H42N2O4S. The van der Waals surface area contributed by atoms with Crippen LogP contribution in [-0.4, -0.2) is 47.5 Å². The van der Waals surface area contributed by atoms with Crippen LogP contribution in [0.25, 0.3) is 0 Å². The van der Waals surface area contributed by atoms with E-state index >= 15 is 0 Å². The van der Waals surface area contributed by atoms with E-state index < -0.39 is 5.97 Å². The van der Waals surface area contributed by atoms with Crippen molar-refractivity contribution in [2.75, 3.05) is 12.9 Å². The van der Waals surface area contributed by atoms with Crippen molar-refractivity contribution in [3.63, 3.8) is 0 Å². The number of methoxy groups -OCH3 is 1. The first-order valence-electron chi connectivity index (χ1n) is 12.9. The molecule has 3 saturated carbocycles. The molecule has 1 saturated heterocycles. The van der Waals surface area contributed by atoms with Gasteiger partial charge in [0.25, 0.3) is 0 Å². The Balaban J connectivity index is 1.35. The standard InChI is InChI=1S/C25H42N2O4S/c1-15-7-12-19(18-5-3-4-6-20(18)24(29)30)21(13-15)23(28)27-25-26-22(14-32-25)16-8-10-17(31-2)11-9-16/h15-22,25-26H,3-14H2,1-2H3,(H,27,28)(H,29,30). The molecule has 4 aliphatic rings. The van der Waals surface area contributed by atoms with E-state index in [1.54, 1.807) is 0 Å². The highest BCUT2D eigenvalue weighted by atomic mass is 32.2. The molecule has 0 spiro atoms. The van der Waals surface area contributed by atoms with Gasteiger partial charge in [0.15, 0.2) is 0 Å². The molecule has 3 aliphatic carbocycles. The third-order valence-corrected chi connectivity index (χ3v) is 10.0. The number of hydrogen-bond acceptors (Lipinski definition) is 5. The molecule has 1 heterocycles. The molecule has 0 radical (unpaired) electrons. The number of carbonyl (C=O) groups excluding carboxylic acids is 1. The number of carboxylic acid groups (broad SMARTS) is 1. The van der Waals surface area contributed by atoms with Crippen LogP contribution in [0.4, 0.5) is 0 Å². The Kier molecular flexibility index (Phi) is 8.43. The zero-order chi connectivity index (χ0) is 22.7. The molecule has 182 valence electrons. The van der Waals surface area contributed by atoms with Gasteiger partial charge in [-0.3, -0.25) is 14.9 Å². The van der Waals surface area contributed by atoms with Crippen LogP contribution in [0, 0.1) is 35.5 Å². The van der Waals surface area contributed by atoms with Gasteiger partial charge < -0.3 is 15.2 Å². The van der Waals surface area contributed by atoms with Gasteiger partial charge in [0.1, 0.15) is 5.50 Å². The Morgan fingerprint density at radius 2 is 1.69 bits per heavy atom. The van der Waals surface area contributed by atoms with Crippen molar-refractivity contribution in [3.05, 3.63) is 0 Å². The summed E-state index contributed by atoms with van der Waals surface area (Å²) in [7, 11) is 1.81. The third kappa shape index (κ3) is 5.64. The number of carboxylic acids is 1. The minimum Gasteiger partial charge on any atom is -0.481 e. The fraction of sp³-hybridized carbons (Fsp3) is 0.920. The van der Waals surface area contributed by atoms with Crippen molar-refractivity contribution in [2.24, 2.45) is 35.5 Å². The lowest BCUT2D eigenvalue weighted by Crippen LogP contribution is -2.50. The second-order valence-electron chi connectivity index (χ2n) is 10.8. The molecule has 1 aliphatic heterocycles. The highest BCUT2D eigenvalue weighted by molar-refractivity contribution is 8.00. The van der Waals surface area contributed by atoms with Crippen LogP contribution < -0.4 is 10.6 Å². The average Bonchev–Trinajstić information content (AvgIpc) is 3.27. The van der Waals surface area contributed by atoms with Crippen molar-refractivity contribution >= 4 is 23.6 Å². The van der Waals surface area contributed by atoms with Gasteiger partial charge >= 0.3 is 5.97 Å². The van der Waals surface area contributed by atoms with Crippen molar-refractivity contribution in [1.82, 2.24) is 10.6 Å². The van der Waals surface area contributed by atoms with E-state index in [1.165, 1.54) is 12.8 Å². The lowest BCUT2D eigenvalue weighted by atomic mass is 9.62. The summed E-state index contributed by atoms with van der Waals surface area (Å²) >= 11 is 1.82. The first-order valence-corrected chi connectivity index (χ1v) is 13.9. The van der Waals surface area contributed by atoms with Gasteiger partial charge in [-0.1, -0.05) is 26.2 Å². The number of carbonyl (C=O) groups is 2. The van der Waals surface area contributed by atoms with Gasteiger partial charge in [-0.2, -0.15) is 0 Å². The lowest BCUT2D eigenvalue weighted by molar-refractivity contribution is -0.148. The molecule has 32 heavy (non-hydrogen) atoms. The molecule has 7 atom stereocenters. The maximum absolute atomic E-state index is 13.5. The Hall–Kier alpha value is -0.790. The van der Waals surface area contributed by atoms with Gasteiger partial charge in [-0.05, 0) is 75.0 Å². The molecule has 0 aromatic heterocycles. The van der Waals surface area contributed by atoms with E-state index in [0.29, 0.717) is 24.0 Å². The summed E-state index contributed by atoms with van der Waals surface area (Å²) in [4.78, 5) is 25.4. The second kappa shape index (κ2) is 11.1. The number of nitrogens with one attached hydrogen (secondary N) is 2. The van der Waals surface area contributed by atoms with Crippen molar-refractivity contribution < 1.29 is 19.4 Å². The van der Waals surface area contributed by atoms with Crippen molar-refractivity contribution in [3.8, 4) is 0 Å². The molecule has 0 aromatic carbocycles. The zero-order valence-electron chi connectivity index (χ0n) is 19.8. The maximum atomic E-state index is 13.5. The largest absolute Gasteiger partial charge is 0.481 e. The molecule has 4 rings (SSSR count). The van der Waals surface area contributed by atoms with E-state index in [4.69, 9.17) is 4.74 Å². The van der Waals surface area contributed by atoms with Crippen LogP contribution >= 0.6 is 11.8 Å². The average molecular weight is 467 g/mol. The molecule has 4 fully saturated rings. The second-order valence-corrected chi connectivity index (χ2v) is 12.0. The van der Waals surface area contributed by atoms with Crippen LogP contribution in [-0.2, 0) is 14.3 Å². The Morgan fingerprint density at radius 3 is 2.41 bits per heavy atom. The zero-order valence-corrected chi connectivity index (χ0v) is 20.6. The fourth-order valence-corrected chi connectivity index (χ4v) is 8.24. The number of thioether (sulfide) groups is 1. The van der Waals surface area contributed by atoms with Gasteiger partial charge in [0, 0.05) is 24.8 Å². The topological polar surface area (TPSA) is 87.7 Å². The number of ether oxygens (including phenoxy) is 1. The molecule has 0 bridgehead atoms. The predicted octanol–water partition coefficient (Wildman–Crippen LogP) is 4.24. The molecule has 0 aromatic rings. The highest BCUT2D eigenvalue weighted by Crippen LogP contribution is 2.46. The van der Waals surface area contributed by atoms with Crippen LogP contribution in [0.5, 0.6) is 0 Å². The normalized spacial score (nSPS) is 43.0. The molecule has 7 heteroatoms. The van der Waals surface area contributed by atoms with Gasteiger partial charge in [0.2, 0.25) is 5.91 Å². The number of hydrogen-bond donors (Lipinski definition) is 3. The van der Waals surface area contributed by atoms with Gasteiger partial charge in [-0.15, -0.1) is 11.8 Å². The summed E-state index contributed by atoms with van der Waals surface area (Å²) in [6.07, 6.45) is 11.9. The van der Waals surface area contributed by atoms with Crippen molar-refractivity contribution in [2.45, 2.75) is 95.2 Å². The molecule has 7 unspecified atom stereocenters. The fourth-order valence-electron chi connectivity index (χ4n) is 7.01. The van der Waals surface area contributed by atoms with Crippen LogP contribution in [0.1, 0.15) is 77.6 Å². The summed E-state index contributed by atoms with van der Waals surface area (Å²) in [6.45, 7) is 2.24. The quantitative estimate of drug-likeness (QED) is 0.543. The van der Waals surface area contributed by atoms with E-state index in [2.05, 4.69) is 17.6 Å². The lowest BCUT2D eigenvalue weighted by Gasteiger charge is -2.42. The molecule has 1 amide bonds. The van der Waals surface area contributed by atoms with E-state index in [9.17, 15) is 14.7 Å². The van der Waals surface area contributed by atoms with Crippen molar-refractivity contribution in [1.29, 1.82) is 0 Å². The minimum absolute atomic E-state index is 0.0212. The summed E-state index contributed by atoms with van der Waals surface area (Å²) in [6, 6.07) is 0.457. The molecule has 6 nitrogen and oxygen atoms in total. The van der Waals surface area contributed by atoms with Gasteiger partial charge in [-0.25, -0.2) is 0 Å². The third-order valence-electron chi connectivity index (χ3n) is 8.89. The maximum Gasteiger partial charge on any atom is 0.306 e. The minimum atomic E-state index is -0.661. The number of rotatable bonds is 6. The first kappa shape index (κ1) is 24.3. The highest BCUT2D eigenvalue weighted by Gasteiger charge is 2.44. The predicted molar refractivity (Wildman–Crippen MR) is 127 cm³/mol. The smallest absolute Gasteiger partial charge is 0.306 e. The molecular weight excluding hydrogens is 424 g/mol.